The average Bonchev–Trinajstić information content (AvgIpc) is 2.93. The highest BCUT2D eigenvalue weighted by Gasteiger charge is 2.18. The fraction of sp³-hybridized carbons (Fsp3) is 0.278. The van der Waals surface area contributed by atoms with Gasteiger partial charge in [-0.25, -0.2) is 0 Å². The Morgan fingerprint density at radius 3 is 2.91 bits per heavy atom. The number of carbonyl (C=O) groups excluding carboxylic acids is 1. The molecule has 2 aromatic carbocycles. The van der Waals surface area contributed by atoms with Crippen molar-refractivity contribution < 1.29 is 4.79 Å². The summed E-state index contributed by atoms with van der Waals surface area (Å²) >= 11 is 6.07. The van der Waals surface area contributed by atoms with Crippen molar-refractivity contribution in [3.8, 4) is 0 Å². The molecular weight excluding hydrogens is 296 g/mol. The van der Waals surface area contributed by atoms with Gasteiger partial charge in [-0.2, -0.15) is 0 Å². The van der Waals surface area contributed by atoms with Gasteiger partial charge in [0.1, 0.15) is 0 Å². The predicted octanol–water partition coefficient (Wildman–Crippen LogP) is 4.04. The number of nitrogens with one attached hydrogen (secondary N) is 1. The Morgan fingerprint density at radius 2 is 2.05 bits per heavy atom. The minimum Gasteiger partial charge on any atom is -0.370 e. The molecule has 3 nitrogen and oxygen atoms in total. The molecule has 0 atom stereocenters. The Labute approximate surface area is 135 Å². The molecule has 114 valence electrons. The van der Waals surface area contributed by atoms with Gasteiger partial charge in [0.25, 0.3) is 0 Å². The summed E-state index contributed by atoms with van der Waals surface area (Å²) in [6.45, 7) is 3.64. The molecule has 0 saturated heterocycles. The Balaban J connectivity index is 1.58. The van der Waals surface area contributed by atoms with Crippen LogP contribution in [0.2, 0.25) is 5.02 Å². The summed E-state index contributed by atoms with van der Waals surface area (Å²) in [4.78, 5) is 14.4. The van der Waals surface area contributed by atoms with Crippen molar-refractivity contribution in [2.75, 3.05) is 23.3 Å². The zero-order chi connectivity index (χ0) is 15.5. The molecule has 1 amide bonds. The summed E-state index contributed by atoms with van der Waals surface area (Å²) in [5, 5.41) is 3.62. The van der Waals surface area contributed by atoms with E-state index in [-0.39, 0.29) is 5.91 Å². The Bertz CT molecular complexity index is 699. The van der Waals surface area contributed by atoms with Crippen LogP contribution in [0.15, 0.2) is 42.5 Å². The average molecular weight is 315 g/mol. The first-order chi connectivity index (χ1) is 10.6. The predicted molar refractivity (Wildman–Crippen MR) is 91.8 cm³/mol. The molecule has 0 aliphatic carbocycles. The maximum atomic E-state index is 12.2. The van der Waals surface area contributed by atoms with Crippen molar-refractivity contribution in [3.63, 3.8) is 0 Å². The molecule has 1 aliphatic rings. The van der Waals surface area contributed by atoms with Crippen LogP contribution in [-0.2, 0) is 11.2 Å². The first-order valence-electron chi connectivity index (χ1n) is 7.53. The number of rotatable bonds is 4. The maximum Gasteiger partial charge on any atom is 0.226 e. The smallest absolute Gasteiger partial charge is 0.226 e. The van der Waals surface area contributed by atoms with Crippen LogP contribution in [0.25, 0.3) is 0 Å². The Hall–Kier alpha value is -2.00. The van der Waals surface area contributed by atoms with Crippen LogP contribution in [0, 0.1) is 6.92 Å². The summed E-state index contributed by atoms with van der Waals surface area (Å²) in [7, 11) is 0. The fourth-order valence-corrected chi connectivity index (χ4v) is 3.01. The van der Waals surface area contributed by atoms with Crippen molar-refractivity contribution in [2.24, 2.45) is 0 Å². The number of hydrogen-bond acceptors (Lipinski definition) is 2. The van der Waals surface area contributed by atoms with Gasteiger partial charge in [0.2, 0.25) is 5.91 Å². The third kappa shape index (κ3) is 3.09. The normalized spacial score (nSPS) is 13.1. The summed E-state index contributed by atoms with van der Waals surface area (Å²) in [5.41, 5.74) is 4.33. The van der Waals surface area contributed by atoms with Crippen LogP contribution in [0.3, 0.4) is 0 Å². The van der Waals surface area contributed by atoms with E-state index < -0.39 is 0 Å². The van der Waals surface area contributed by atoms with Gasteiger partial charge < -0.3 is 10.2 Å². The second-order valence-electron chi connectivity index (χ2n) is 5.58. The second kappa shape index (κ2) is 6.41. The molecule has 1 aliphatic heterocycles. The number of anilines is 2. The van der Waals surface area contributed by atoms with E-state index >= 15 is 0 Å². The number of para-hydroxylation sites is 1. The number of amides is 1. The lowest BCUT2D eigenvalue weighted by Crippen LogP contribution is -2.26. The lowest BCUT2D eigenvalue weighted by atomic mass is 10.2. The molecule has 1 N–H and O–H groups in total. The van der Waals surface area contributed by atoms with Crippen molar-refractivity contribution in [3.05, 3.63) is 58.6 Å². The summed E-state index contributed by atoms with van der Waals surface area (Å²) in [5.74, 6) is 0.0229. The molecule has 22 heavy (non-hydrogen) atoms. The van der Waals surface area contributed by atoms with Crippen molar-refractivity contribution in [2.45, 2.75) is 19.8 Å². The van der Waals surface area contributed by atoms with Crippen LogP contribution in [0.1, 0.15) is 17.5 Å². The first kappa shape index (κ1) is 14.9. The number of nitrogens with zero attached hydrogens (tertiary/aromatic N) is 1. The van der Waals surface area contributed by atoms with E-state index in [2.05, 4.69) is 28.4 Å². The molecule has 2 aromatic rings. The number of hydrogen-bond donors (Lipinski definition) is 1. The van der Waals surface area contributed by atoms with Gasteiger partial charge in [-0.1, -0.05) is 35.9 Å². The van der Waals surface area contributed by atoms with Crippen LogP contribution < -0.4 is 10.2 Å². The first-order valence-corrected chi connectivity index (χ1v) is 7.91. The van der Waals surface area contributed by atoms with Gasteiger partial charge in [0, 0.05) is 35.9 Å². The molecule has 1 heterocycles. The topological polar surface area (TPSA) is 32.3 Å². The van der Waals surface area contributed by atoms with E-state index in [1.165, 1.54) is 11.3 Å². The molecule has 0 bridgehead atoms. The maximum absolute atomic E-state index is 12.2. The molecule has 0 saturated carbocycles. The second-order valence-corrected chi connectivity index (χ2v) is 5.98. The highest BCUT2D eigenvalue weighted by atomic mass is 35.5. The van der Waals surface area contributed by atoms with Gasteiger partial charge in [-0.05, 0) is 42.7 Å². The molecule has 0 radical (unpaired) electrons. The third-order valence-electron chi connectivity index (χ3n) is 4.13. The zero-order valence-corrected chi connectivity index (χ0v) is 13.4. The number of benzene rings is 2. The Morgan fingerprint density at radius 1 is 1.23 bits per heavy atom. The fourth-order valence-electron chi connectivity index (χ4n) is 2.83. The monoisotopic (exact) mass is 314 g/mol. The molecule has 0 spiro atoms. The highest BCUT2D eigenvalue weighted by molar-refractivity contribution is 6.31. The quantitative estimate of drug-likeness (QED) is 0.923. The van der Waals surface area contributed by atoms with Crippen molar-refractivity contribution >= 4 is 28.9 Å². The van der Waals surface area contributed by atoms with E-state index in [0.717, 1.165) is 30.8 Å². The number of fused-ring (bicyclic) bond motifs is 1. The van der Waals surface area contributed by atoms with Crippen LogP contribution in [0.4, 0.5) is 11.4 Å². The molecule has 0 aromatic heterocycles. The molecular formula is C18H19ClN2O. The lowest BCUT2D eigenvalue weighted by molar-refractivity contribution is -0.116. The number of carbonyl (C=O) groups is 1. The minimum absolute atomic E-state index is 0.0229. The zero-order valence-electron chi connectivity index (χ0n) is 12.6. The van der Waals surface area contributed by atoms with E-state index in [9.17, 15) is 4.79 Å². The van der Waals surface area contributed by atoms with Gasteiger partial charge >= 0.3 is 0 Å². The molecule has 0 fully saturated rings. The minimum atomic E-state index is 0.0229. The van der Waals surface area contributed by atoms with Gasteiger partial charge in [-0.3, -0.25) is 4.79 Å². The molecule has 0 unspecified atom stereocenters. The van der Waals surface area contributed by atoms with Crippen LogP contribution in [-0.4, -0.2) is 19.0 Å². The summed E-state index contributed by atoms with van der Waals surface area (Å²) in [6, 6.07) is 14.0. The van der Waals surface area contributed by atoms with Gasteiger partial charge in [0.05, 0.1) is 0 Å². The van der Waals surface area contributed by atoms with E-state index in [0.29, 0.717) is 11.4 Å². The summed E-state index contributed by atoms with van der Waals surface area (Å²) in [6.07, 6.45) is 1.53. The van der Waals surface area contributed by atoms with E-state index in [1.807, 2.05) is 31.2 Å². The van der Waals surface area contributed by atoms with Crippen molar-refractivity contribution in [1.82, 2.24) is 0 Å². The highest BCUT2D eigenvalue weighted by Crippen LogP contribution is 2.27. The van der Waals surface area contributed by atoms with E-state index in [1.54, 1.807) is 0 Å². The lowest BCUT2D eigenvalue weighted by Gasteiger charge is -2.19. The largest absolute Gasteiger partial charge is 0.370 e. The molecule has 4 heteroatoms. The van der Waals surface area contributed by atoms with Gasteiger partial charge in [-0.15, -0.1) is 0 Å². The van der Waals surface area contributed by atoms with Crippen molar-refractivity contribution in [1.29, 1.82) is 0 Å². The standard InChI is InChI=1S/C18H19ClN2O/c1-13-15(19)6-4-7-16(13)20-18(22)10-12-21-11-9-14-5-2-3-8-17(14)21/h2-8H,9-12H2,1H3,(H,20,22). The number of halogens is 1. The van der Waals surface area contributed by atoms with Gasteiger partial charge in [0.15, 0.2) is 0 Å². The molecule has 3 rings (SSSR count). The summed E-state index contributed by atoms with van der Waals surface area (Å²) < 4.78 is 0. The third-order valence-corrected chi connectivity index (χ3v) is 4.54. The van der Waals surface area contributed by atoms with Crippen LogP contribution in [0.5, 0.6) is 0 Å². The SMILES string of the molecule is Cc1c(Cl)cccc1NC(=O)CCN1CCc2ccccc21. The van der Waals surface area contributed by atoms with Crippen LogP contribution >= 0.6 is 11.6 Å². The Kier molecular flexibility index (Phi) is 4.34. The van der Waals surface area contributed by atoms with E-state index in [4.69, 9.17) is 11.6 Å².